The van der Waals surface area contributed by atoms with Crippen molar-refractivity contribution in [2.75, 3.05) is 6.54 Å². The summed E-state index contributed by atoms with van der Waals surface area (Å²) >= 11 is 0. The first-order chi connectivity index (χ1) is 8.24. The van der Waals surface area contributed by atoms with Crippen LogP contribution in [-0.4, -0.2) is 12.8 Å². The van der Waals surface area contributed by atoms with Gasteiger partial charge in [0.25, 0.3) is 0 Å². The van der Waals surface area contributed by atoms with Gasteiger partial charge in [0, 0.05) is 18.3 Å². The number of hydrogen-bond donors (Lipinski definition) is 0. The Bertz CT molecular complexity index is 456. The summed E-state index contributed by atoms with van der Waals surface area (Å²) in [7, 11) is 0. The maximum Gasteiger partial charge on any atom is 0.131 e. The Morgan fingerprint density at radius 1 is 1.24 bits per heavy atom. The van der Waals surface area contributed by atoms with Crippen LogP contribution in [0.15, 0.2) is 47.0 Å². The first kappa shape index (κ1) is 13.4. The van der Waals surface area contributed by atoms with Gasteiger partial charge in [-0.3, -0.25) is 4.99 Å². The molecule has 0 radical (unpaired) electrons. The lowest BCUT2D eigenvalue weighted by Crippen LogP contribution is -1.95. The van der Waals surface area contributed by atoms with Crippen LogP contribution >= 0.6 is 0 Å². The number of benzene rings is 1. The first-order valence-electron chi connectivity index (χ1n) is 5.82. The molecule has 1 aromatic rings. The second-order valence-corrected chi connectivity index (χ2v) is 3.55. The molecule has 0 saturated heterocycles. The summed E-state index contributed by atoms with van der Waals surface area (Å²) in [6.45, 7) is 6.54. The monoisotopic (exact) mass is 231 g/mol. The molecular weight excluding hydrogens is 213 g/mol. The molecule has 0 unspecified atom stereocenters. The maximum atomic E-state index is 13.7. The number of rotatable bonds is 4. The Hall–Kier alpha value is -1.70. The van der Waals surface area contributed by atoms with Crippen LogP contribution in [0.5, 0.6) is 0 Å². The summed E-state index contributed by atoms with van der Waals surface area (Å²) in [4.78, 5) is 4.21. The molecule has 0 atom stereocenters. The van der Waals surface area contributed by atoms with Gasteiger partial charge in [0.1, 0.15) is 5.82 Å². The molecule has 17 heavy (non-hydrogen) atoms. The molecule has 0 N–H and O–H groups in total. The van der Waals surface area contributed by atoms with Gasteiger partial charge in [-0.1, -0.05) is 30.4 Å². The Morgan fingerprint density at radius 2 is 1.94 bits per heavy atom. The van der Waals surface area contributed by atoms with Gasteiger partial charge in [-0.2, -0.15) is 0 Å². The smallest absolute Gasteiger partial charge is 0.131 e. The molecule has 0 spiro atoms. The van der Waals surface area contributed by atoms with E-state index < -0.39 is 0 Å². The van der Waals surface area contributed by atoms with Gasteiger partial charge in [0.2, 0.25) is 0 Å². The normalized spacial score (nSPS) is 13.4. The highest BCUT2D eigenvalue weighted by molar-refractivity contribution is 6.00. The molecule has 0 bridgehead atoms. The van der Waals surface area contributed by atoms with E-state index in [1.807, 2.05) is 39.0 Å². The number of halogens is 1. The number of nitrogens with zero attached hydrogens (tertiary/aromatic N) is 1. The average molecular weight is 231 g/mol. The van der Waals surface area contributed by atoms with Crippen LogP contribution in [0.25, 0.3) is 5.57 Å². The van der Waals surface area contributed by atoms with E-state index in [0.717, 1.165) is 17.7 Å². The summed E-state index contributed by atoms with van der Waals surface area (Å²) < 4.78 is 13.7. The zero-order chi connectivity index (χ0) is 12.7. The average Bonchev–Trinajstić information content (AvgIpc) is 2.36. The summed E-state index contributed by atoms with van der Waals surface area (Å²) in [5.41, 5.74) is 2.44. The van der Waals surface area contributed by atoms with E-state index in [4.69, 9.17) is 0 Å². The Kier molecular flexibility index (Phi) is 5.34. The molecule has 90 valence electrons. The van der Waals surface area contributed by atoms with Crippen LogP contribution < -0.4 is 0 Å². The van der Waals surface area contributed by atoms with Crippen molar-refractivity contribution in [1.82, 2.24) is 0 Å². The highest BCUT2D eigenvalue weighted by atomic mass is 19.1. The molecule has 0 aliphatic rings. The number of aliphatic imine (C=N–C) groups is 1. The van der Waals surface area contributed by atoms with E-state index in [9.17, 15) is 4.39 Å². The lowest BCUT2D eigenvalue weighted by atomic mass is 9.97. The topological polar surface area (TPSA) is 12.4 Å². The fourth-order valence-corrected chi connectivity index (χ4v) is 1.65. The van der Waals surface area contributed by atoms with Crippen molar-refractivity contribution in [2.24, 2.45) is 4.99 Å². The third-order valence-electron chi connectivity index (χ3n) is 2.49. The van der Waals surface area contributed by atoms with Crippen LogP contribution in [0.2, 0.25) is 0 Å². The predicted molar refractivity (Wildman–Crippen MR) is 72.8 cm³/mol. The van der Waals surface area contributed by atoms with E-state index in [1.54, 1.807) is 18.3 Å². The van der Waals surface area contributed by atoms with Gasteiger partial charge in [0.15, 0.2) is 0 Å². The van der Waals surface area contributed by atoms with E-state index in [-0.39, 0.29) is 5.82 Å². The molecule has 1 rings (SSSR count). The van der Waals surface area contributed by atoms with Crippen LogP contribution in [0.3, 0.4) is 0 Å². The summed E-state index contributed by atoms with van der Waals surface area (Å²) in [6, 6.07) is 6.80. The Balaban J connectivity index is 3.17. The van der Waals surface area contributed by atoms with Crippen molar-refractivity contribution >= 4 is 11.8 Å². The Labute approximate surface area is 102 Å². The Morgan fingerprint density at radius 3 is 2.47 bits per heavy atom. The van der Waals surface area contributed by atoms with Gasteiger partial charge >= 0.3 is 0 Å². The highest BCUT2D eigenvalue weighted by Crippen LogP contribution is 2.24. The molecule has 0 aliphatic heterocycles. The third-order valence-corrected chi connectivity index (χ3v) is 2.49. The minimum atomic E-state index is -0.204. The molecule has 0 amide bonds. The molecule has 0 aromatic heterocycles. The zero-order valence-electron chi connectivity index (χ0n) is 10.6. The van der Waals surface area contributed by atoms with Crippen LogP contribution in [-0.2, 0) is 0 Å². The summed E-state index contributed by atoms with van der Waals surface area (Å²) in [5.74, 6) is -0.204. The highest BCUT2D eigenvalue weighted by Gasteiger charge is 2.08. The summed E-state index contributed by atoms with van der Waals surface area (Å²) in [5, 5.41) is 0. The first-order valence-corrected chi connectivity index (χ1v) is 5.82. The fourth-order valence-electron chi connectivity index (χ4n) is 1.65. The molecule has 0 saturated carbocycles. The molecule has 0 heterocycles. The SMILES string of the molecule is C/C=C(C=NCC)\C(=C/C)c1ccccc1F. The zero-order valence-corrected chi connectivity index (χ0v) is 10.6. The quantitative estimate of drug-likeness (QED) is 0.542. The predicted octanol–water partition coefficient (Wildman–Crippen LogP) is 4.27. The molecule has 0 aliphatic carbocycles. The van der Waals surface area contributed by atoms with E-state index >= 15 is 0 Å². The molecular formula is C15H18FN. The summed E-state index contributed by atoms with van der Waals surface area (Å²) in [6.07, 6.45) is 5.65. The molecule has 2 heteroatoms. The van der Waals surface area contributed by atoms with E-state index in [0.29, 0.717) is 5.56 Å². The molecule has 0 fully saturated rings. The largest absolute Gasteiger partial charge is 0.293 e. The van der Waals surface area contributed by atoms with Crippen LogP contribution in [0.4, 0.5) is 4.39 Å². The van der Waals surface area contributed by atoms with Crippen molar-refractivity contribution in [3.05, 3.63) is 53.4 Å². The number of allylic oxidation sites excluding steroid dienone is 4. The van der Waals surface area contributed by atoms with E-state index in [2.05, 4.69) is 4.99 Å². The second-order valence-electron chi connectivity index (χ2n) is 3.55. The standard InChI is InChI=1S/C15H18FN/c1-4-12(11-17-6-3)13(5-2)14-9-7-8-10-15(14)16/h4-5,7-11H,6H2,1-3H3/b12-4-,13-5+,17-11?. The van der Waals surface area contributed by atoms with Crippen molar-refractivity contribution in [3.63, 3.8) is 0 Å². The van der Waals surface area contributed by atoms with Crippen molar-refractivity contribution in [1.29, 1.82) is 0 Å². The second kappa shape index (κ2) is 6.79. The van der Waals surface area contributed by atoms with Crippen molar-refractivity contribution in [2.45, 2.75) is 20.8 Å². The third kappa shape index (κ3) is 3.38. The van der Waals surface area contributed by atoms with Crippen LogP contribution in [0.1, 0.15) is 26.3 Å². The van der Waals surface area contributed by atoms with Crippen molar-refractivity contribution in [3.8, 4) is 0 Å². The minimum Gasteiger partial charge on any atom is -0.293 e. The molecule has 1 aromatic carbocycles. The molecule has 1 nitrogen and oxygen atoms in total. The van der Waals surface area contributed by atoms with Gasteiger partial charge in [-0.25, -0.2) is 4.39 Å². The van der Waals surface area contributed by atoms with Crippen LogP contribution in [0, 0.1) is 5.82 Å². The van der Waals surface area contributed by atoms with Gasteiger partial charge in [-0.15, -0.1) is 0 Å². The fraction of sp³-hybridized carbons (Fsp3) is 0.267. The number of hydrogen-bond acceptors (Lipinski definition) is 1. The van der Waals surface area contributed by atoms with Gasteiger partial charge in [0.05, 0.1) is 0 Å². The van der Waals surface area contributed by atoms with Gasteiger partial charge < -0.3 is 0 Å². The lowest BCUT2D eigenvalue weighted by molar-refractivity contribution is 0.624. The van der Waals surface area contributed by atoms with Gasteiger partial charge in [-0.05, 0) is 38.0 Å². The lowest BCUT2D eigenvalue weighted by Gasteiger charge is -2.09. The maximum absolute atomic E-state index is 13.7. The van der Waals surface area contributed by atoms with Crippen molar-refractivity contribution < 1.29 is 4.39 Å². The minimum absolute atomic E-state index is 0.204. The van der Waals surface area contributed by atoms with E-state index in [1.165, 1.54) is 6.07 Å².